The predicted molar refractivity (Wildman–Crippen MR) is 75.9 cm³/mol. The molecule has 2 heteroatoms. The first-order chi connectivity index (χ1) is 8.62. The summed E-state index contributed by atoms with van der Waals surface area (Å²) in [7, 11) is 0. The van der Waals surface area contributed by atoms with Crippen molar-refractivity contribution in [1.82, 2.24) is 5.32 Å². The smallest absolute Gasteiger partial charge is 0.0522 e. The van der Waals surface area contributed by atoms with Gasteiger partial charge >= 0.3 is 0 Å². The highest BCUT2D eigenvalue weighted by atomic mass is 16.3. The SMILES string of the molecule is CC(C)(CO)c1ccc(CC2CCNCC2)cc1. The van der Waals surface area contributed by atoms with Gasteiger partial charge in [-0.15, -0.1) is 0 Å². The highest BCUT2D eigenvalue weighted by Crippen LogP contribution is 2.24. The molecule has 0 spiro atoms. The van der Waals surface area contributed by atoms with Crippen molar-refractivity contribution in [1.29, 1.82) is 0 Å². The van der Waals surface area contributed by atoms with E-state index in [-0.39, 0.29) is 12.0 Å². The average molecular weight is 247 g/mol. The summed E-state index contributed by atoms with van der Waals surface area (Å²) >= 11 is 0. The van der Waals surface area contributed by atoms with Gasteiger partial charge in [0.05, 0.1) is 6.61 Å². The summed E-state index contributed by atoms with van der Waals surface area (Å²) in [5.41, 5.74) is 2.52. The zero-order valence-electron chi connectivity index (χ0n) is 11.6. The van der Waals surface area contributed by atoms with Gasteiger partial charge in [0.2, 0.25) is 0 Å². The van der Waals surface area contributed by atoms with Gasteiger partial charge in [-0.3, -0.25) is 0 Å². The molecule has 0 radical (unpaired) electrons. The second-order valence-electron chi connectivity index (χ2n) is 6.14. The summed E-state index contributed by atoms with van der Waals surface area (Å²) in [5.74, 6) is 0.836. The van der Waals surface area contributed by atoms with Crippen LogP contribution in [0.15, 0.2) is 24.3 Å². The Kier molecular flexibility index (Phi) is 4.41. The third kappa shape index (κ3) is 3.33. The van der Waals surface area contributed by atoms with Gasteiger partial charge in [-0.2, -0.15) is 0 Å². The topological polar surface area (TPSA) is 32.3 Å². The van der Waals surface area contributed by atoms with Gasteiger partial charge in [0.15, 0.2) is 0 Å². The first kappa shape index (κ1) is 13.6. The van der Waals surface area contributed by atoms with Gasteiger partial charge < -0.3 is 10.4 Å². The lowest BCUT2D eigenvalue weighted by atomic mass is 9.84. The van der Waals surface area contributed by atoms with E-state index in [9.17, 15) is 5.11 Å². The van der Waals surface area contributed by atoms with Gasteiger partial charge in [-0.25, -0.2) is 0 Å². The molecule has 1 aromatic carbocycles. The Morgan fingerprint density at radius 2 is 1.78 bits per heavy atom. The van der Waals surface area contributed by atoms with Gasteiger partial charge in [0.1, 0.15) is 0 Å². The molecule has 0 aliphatic carbocycles. The van der Waals surface area contributed by atoms with Crippen molar-refractivity contribution >= 4 is 0 Å². The first-order valence-corrected chi connectivity index (χ1v) is 7.03. The van der Waals surface area contributed by atoms with Crippen molar-refractivity contribution in [2.24, 2.45) is 5.92 Å². The van der Waals surface area contributed by atoms with E-state index in [1.54, 1.807) is 0 Å². The standard InChI is InChI=1S/C16H25NO/c1-16(2,12-18)15-5-3-13(4-6-15)11-14-7-9-17-10-8-14/h3-6,14,17-18H,7-12H2,1-2H3. The maximum atomic E-state index is 9.37. The second kappa shape index (κ2) is 5.85. The van der Waals surface area contributed by atoms with Crippen molar-refractivity contribution in [3.05, 3.63) is 35.4 Å². The molecule has 1 saturated heterocycles. The van der Waals surface area contributed by atoms with Crippen LogP contribution >= 0.6 is 0 Å². The monoisotopic (exact) mass is 247 g/mol. The molecule has 100 valence electrons. The Morgan fingerprint density at radius 3 is 2.33 bits per heavy atom. The fourth-order valence-electron chi connectivity index (χ4n) is 2.60. The summed E-state index contributed by atoms with van der Waals surface area (Å²) in [6.07, 6.45) is 3.79. The quantitative estimate of drug-likeness (QED) is 0.857. The van der Waals surface area contributed by atoms with Crippen LogP contribution in [-0.4, -0.2) is 24.8 Å². The minimum Gasteiger partial charge on any atom is -0.395 e. The predicted octanol–water partition coefficient (Wildman–Crippen LogP) is 2.50. The molecular formula is C16H25NO. The number of piperidine rings is 1. The van der Waals surface area contributed by atoms with E-state index in [0.29, 0.717) is 0 Å². The van der Waals surface area contributed by atoms with E-state index >= 15 is 0 Å². The molecule has 1 aliphatic heterocycles. The number of aliphatic hydroxyl groups is 1. The van der Waals surface area contributed by atoms with Crippen molar-refractivity contribution < 1.29 is 5.11 Å². The summed E-state index contributed by atoms with van der Waals surface area (Å²) in [5, 5.41) is 12.8. The minimum atomic E-state index is -0.132. The molecular weight excluding hydrogens is 222 g/mol. The van der Waals surface area contributed by atoms with Crippen LogP contribution in [0.4, 0.5) is 0 Å². The van der Waals surface area contributed by atoms with Crippen LogP contribution in [0.3, 0.4) is 0 Å². The van der Waals surface area contributed by atoms with E-state index < -0.39 is 0 Å². The molecule has 1 fully saturated rings. The number of benzene rings is 1. The van der Waals surface area contributed by atoms with Gasteiger partial charge in [0.25, 0.3) is 0 Å². The lowest BCUT2D eigenvalue weighted by Gasteiger charge is -2.24. The molecule has 0 unspecified atom stereocenters. The molecule has 2 rings (SSSR count). The molecule has 0 aromatic heterocycles. The summed E-state index contributed by atoms with van der Waals surface area (Å²) in [6, 6.07) is 8.81. The first-order valence-electron chi connectivity index (χ1n) is 7.03. The summed E-state index contributed by atoms with van der Waals surface area (Å²) in [4.78, 5) is 0. The Morgan fingerprint density at radius 1 is 1.17 bits per heavy atom. The summed E-state index contributed by atoms with van der Waals surface area (Å²) < 4.78 is 0. The molecule has 0 bridgehead atoms. The molecule has 0 saturated carbocycles. The Bertz CT molecular complexity index is 363. The zero-order chi connectivity index (χ0) is 13.0. The Balaban J connectivity index is 1.99. The molecule has 0 amide bonds. The molecule has 1 aliphatic rings. The fraction of sp³-hybridized carbons (Fsp3) is 0.625. The van der Waals surface area contributed by atoms with Gasteiger partial charge in [-0.1, -0.05) is 38.1 Å². The van der Waals surface area contributed by atoms with Crippen LogP contribution < -0.4 is 5.32 Å². The molecule has 0 atom stereocenters. The van der Waals surface area contributed by atoms with Crippen LogP contribution in [0.5, 0.6) is 0 Å². The number of hydrogen-bond donors (Lipinski definition) is 2. The van der Waals surface area contributed by atoms with E-state index in [1.165, 1.54) is 43.5 Å². The van der Waals surface area contributed by atoms with Crippen LogP contribution in [0.25, 0.3) is 0 Å². The molecule has 1 heterocycles. The van der Waals surface area contributed by atoms with Crippen molar-refractivity contribution in [2.75, 3.05) is 19.7 Å². The summed E-state index contributed by atoms with van der Waals surface area (Å²) in [6.45, 7) is 6.69. The Hall–Kier alpha value is -0.860. The van der Waals surface area contributed by atoms with Crippen molar-refractivity contribution in [2.45, 2.75) is 38.5 Å². The van der Waals surface area contributed by atoms with Crippen LogP contribution in [0.1, 0.15) is 37.8 Å². The number of hydrogen-bond acceptors (Lipinski definition) is 2. The van der Waals surface area contributed by atoms with E-state index in [1.807, 2.05) is 0 Å². The fourth-order valence-corrected chi connectivity index (χ4v) is 2.60. The highest BCUT2D eigenvalue weighted by molar-refractivity contribution is 5.28. The third-order valence-electron chi connectivity index (χ3n) is 4.11. The van der Waals surface area contributed by atoms with Crippen molar-refractivity contribution in [3.63, 3.8) is 0 Å². The van der Waals surface area contributed by atoms with E-state index in [4.69, 9.17) is 0 Å². The van der Waals surface area contributed by atoms with Crippen molar-refractivity contribution in [3.8, 4) is 0 Å². The molecule has 2 nitrogen and oxygen atoms in total. The van der Waals surface area contributed by atoms with Gasteiger partial charge in [-0.05, 0) is 49.4 Å². The van der Waals surface area contributed by atoms with Crippen LogP contribution in [0.2, 0.25) is 0 Å². The maximum absolute atomic E-state index is 9.37. The second-order valence-corrected chi connectivity index (χ2v) is 6.14. The largest absolute Gasteiger partial charge is 0.395 e. The Labute approximate surface area is 110 Å². The highest BCUT2D eigenvalue weighted by Gasteiger charge is 2.19. The van der Waals surface area contributed by atoms with Crippen LogP contribution in [-0.2, 0) is 11.8 Å². The average Bonchev–Trinajstić information content (AvgIpc) is 2.40. The molecule has 18 heavy (non-hydrogen) atoms. The van der Waals surface area contributed by atoms with E-state index in [0.717, 1.165) is 5.92 Å². The maximum Gasteiger partial charge on any atom is 0.0522 e. The lowest BCUT2D eigenvalue weighted by Crippen LogP contribution is -2.28. The zero-order valence-corrected chi connectivity index (χ0v) is 11.6. The van der Waals surface area contributed by atoms with Gasteiger partial charge in [0, 0.05) is 5.41 Å². The number of nitrogens with one attached hydrogen (secondary N) is 1. The van der Waals surface area contributed by atoms with E-state index in [2.05, 4.69) is 43.4 Å². The minimum absolute atomic E-state index is 0.132. The van der Waals surface area contributed by atoms with Crippen LogP contribution in [0, 0.1) is 5.92 Å². The third-order valence-corrected chi connectivity index (χ3v) is 4.11. The molecule has 1 aromatic rings. The number of aliphatic hydroxyl groups excluding tert-OH is 1. The number of rotatable bonds is 4. The lowest BCUT2D eigenvalue weighted by molar-refractivity contribution is 0.218. The molecule has 2 N–H and O–H groups in total. The normalized spacial score (nSPS) is 17.9.